The van der Waals surface area contributed by atoms with Crippen LogP contribution in [0.3, 0.4) is 0 Å². The molecule has 0 atom stereocenters. The van der Waals surface area contributed by atoms with E-state index in [0.29, 0.717) is 6.54 Å². The molecule has 0 saturated carbocycles. The predicted octanol–water partition coefficient (Wildman–Crippen LogP) is 2.61. The predicted molar refractivity (Wildman–Crippen MR) is 118 cm³/mol. The molecule has 10 heteroatoms. The van der Waals surface area contributed by atoms with Crippen LogP contribution in [-0.2, 0) is 30.4 Å². The minimum absolute atomic E-state index is 0.0424. The van der Waals surface area contributed by atoms with E-state index in [-0.39, 0.29) is 19.0 Å². The van der Waals surface area contributed by atoms with Crippen LogP contribution in [-0.4, -0.2) is 50.1 Å². The van der Waals surface area contributed by atoms with Gasteiger partial charge in [-0.1, -0.05) is 0 Å². The van der Waals surface area contributed by atoms with Crippen LogP contribution in [0.15, 0.2) is 6.07 Å². The lowest BCUT2D eigenvalue weighted by molar-refractivity contribution is -0.145. The molecule has 1 aromatic rings. The molecule has 1 amide bonds. The Morgan fingerprint density at radius 2 is 1.56 bits per heavy atom. The Balaban J connectivity index is 3.19. The Morgan fingerprint density at radius 1 is 1.04 bits per heavy atom. The zero-order chi connectivity index (χ0) is 19.1. The molecule has 25 heavy (non-hydrogen) atoms. The van der Waals surface area contributed by atoms with Crippen molar-refractivity contribution in [1.82, 2.24) is 4.90 Å². The molecule has 138 valence electrons. The maximum atomic E-state index is 11.6. The zero-order valence-electron chi connectivity index (χ0n) is 13.8. The molecule has 1 N–H and O–H groups in total. The fraction of sp³-hybridized carbons (Fsp3) is 0.400. The molecular weight excluding hydrogens is 669 g/mol. The third-order valence-electron chi connectivity index (χ3n) is 3.11. The van der Waals surface area contributed by atoms with Gasteiger partial charge in [-0.2, -0.15) is 0 Å². The van der Waals surface area contributed by atoms with Crippen LogP contribution in [0.2, 0.25) is 0 Å². The fourth-order valence-electron chi connectivity index (χ4n) is 1.95. The highest BCUT2D eigenvalue weighted by atomic mass is 127. The molecule has 0 aliphatic carbocycles. The summed E-state index contributed by atoms with van der Waals surface area (Å²) in [4.78, 5) is 36.4. The summed E-state index contributed by atoms with van der Waals surface area (Å²) in [5.41, 5.74) is 1.64. The molecule has 0 radical (unpaired) electrons. The average Bonchev–Trinajstić information content (AvgIpc) is 2.54. The van der Waals surface area contributed by atoms with Crippen LogP contribution in [0.25, 0.3) is 0 Å². The normalized spacial score (nSPS) is 10.5. The van der Waals surface area contributed by atoms with Gasteiger partial charge in [0.25, 0.3) is 0 Å². The molecule has 0 saturated heterocycles. The summed E-state index contributed by atoms with van der Waals surface area (Å²) in [6.45, 7) is 1.70. The van der Waals surface area contributed by atoms with Gasteiger partial charge in [0.15, 0.2) is 0 Å². The second-order valence-corrected chi connectivity index (χ2v) is 8.39. The van der Waals surface area contributed by atoms with Gasteiger partial charge in [0.05, 0.1) is 33.0 Å². The van der Waals surface area contributed by atoms with E-state index in [4.69, 9.17) is 9.47 Å². The summed E-state index contributed by atoms with van der Waals surface area (Å²) in [7, 11) is 2.60. The molecule has 0 bridgehead atoms. The Morgan fingerprint density at radius 3 is 2.00 bits per heavy atom. The lowest BCUT2D eigenvalue weighted by atomic mass is 10.2. The number of amides is 1. The van der Waals surface area contributed by atoms with E-state index < -0.39 is 11.9 Å². The van der Waals surface area contributed by atoms with Crippen LogP contribution in [0.4, 0.5) is 5.69 Å². The van der Waals surface area contributed by atoms with E-state index in [1.807, 2.05) is 6.07 Å². The van der Waals surface area contributed by atoms with Gasteiger partial charge < -0.3 is 14.8 Å². The van der Waals surface area contributed by atoms with Gasteiger partial charge in [-0.05, 0) is 79.4 Å². The topological polar surface area (TPSA) is 84.9 Å². The molecule has 7 nitrogen and oxygen atoms in total. The third kappa shape index (κ3) is 7.13. The van der Waals surface area contributed by atoms with Crippen LogP contribution >= 0.6 is 67.8 Å². The Bertz CT molecular complexity index is 664. The second-order valence-electron chi connectivity index (χ2n) is 4.99. The number of hydrogen-bond acceptors (Lipinski definition) is 6. The number of methoxy groups -OCH3 is 2. The largest absolute Gasteiger partial charge is 0.468 e. The lowest BCUT2D eigenvalue weighted by Crippen LogP contribution is -2.35. The molecule has 0 aliphatic heterocycles. The minimum Gasteiger partial charge on any atom is -0.468 e. The second kappa shape index (κ2) is 10.8. The standard InChI is InChI=1S/C15H17I3N2O5/c1-8(21)19-15-11(17)4-10(16)9(14(15)18)5-20(6-12(22)24-2)7-13(23)25-3/h4H,5-7H2,1-3H3,(H,19,21). The first-order valence-corrected chi connectivity index (χ1v) is 10.2. The minimum atomic E-state index is -0.443. The van der Waals surface area contributed by atoms with Gasteiger partial charge in [0.2, 0.25) is 5.91 Å². The number of nitrogens with one attached hydrogen (secondary N) is 1. The molecule has 1 aromatic carbocycles. The Labute approximate surface area is 187 Å². The molecule has 0 unspecified atom stereocenters. The zero-order valence-corrected chi connectivity index (χ0v) is 20.3. The Kier molecular flexibility index (Phi) is 9.87. The molecule has 1 rings (SSSR count). The number of halogens is 3. The number of carbonyl (C=O) groups is 3. The number of benzene rings is 1. The number of carbonyl (C=O) groups excluding carboxylic acids is 3. The maximum absolute atomic E-state index is 11.6. The first-order valence-electron chi connectivity index (χ1n) is 6.99. The number of ether oxygens (including phenoxy) is 2. The van der Waals surface area contributed by atoms with Crippen LogP contribution in [0.1, 0.15) is 12.5 Å². The van der Waals surface area contributed by atoms with Crippen molar-refractivity contribution in [3.8, 4) is 0 Å². The van der Waals surface area contributed by atoms with Crippen molar-refractivity contribution in [2.45, 2.75) is 13.5 Å². The van der Waals surface area contributed by atoms with Gasteiger partial charge in [-0.3, -0.25) is 19.3 Å². The number of rotatable bonds is 7. The van der Waals surface area contributed by atoms with Crippen molar-refractivity contribution in [2.24, 2.45) is 0 Å². The van der Waals surface area contributed by atoms with E-state index >= 15 is 0 Å². The molecule has 0 heterocycles. The molecule has 0 aliphatic rings. The van der Waals surface area contributed by atoms with E-state index in [2.05, 4.69) is 73.1 Å². The smallest absolute Gasteiger partial charge is 0.319 e. The summed E-state index contributed by atoms with van der Waals surface area (Å²) in [6, 6.07) is 1.94. The molecule has 0 spiro atoms. The lowest BCUT2D eigenvalue weighted by Gasteiger charge is -2.22. The highest BCUT2D eigenvalue weighted by Gasteiger charge is 2.21. The van der Waals surface area contributed by atoms with E-state index in [0.717, 1.165) is 22.0 Å². The van der Waals surface area contributed by atoms with E-state index in [9.17, 15) is 14.4 Å². The van der Waals surface area contributed by atoms with Gasteiger partial charge in [-0.25, -0.2) is 0 Å². The SMILES string of the molecule is COC(=O)CN(CC(=O)OC)Cc1c(I)cc(I)c(NC(C)=O)c1I. The van der Waals surface area contributed by atoms with Crippen LogP contribution < -0.4 is 5.32 Å². The summed E-state index contributed by atoms with van der Waals surface area (Å²) < 4.78 is 12.1. The van der Waals surface area contributed by atoms with Crippen molar-refractivity contribution in [1.29, 1.82) is 0 Å². The number of anilines is 1. The maximum Gasteiger partial charge on any atom is 0.319 e. The average molecular weight is 686 g/mol. The van der Waals surface area contributed by atoms with Crippen LogP contribution in [0.5, 0.6) is 0 Å². The van der Waals surface area contributed by atoms with Gasteiger partial charge in [0.1, 0.15) is 0 Å². The summed E-state index contributed by atoms with van der Waals surface area (Å²) in [5.74, 6) is -1.05. The van der Waals surface area contributed by atoms with Crippen molar-refractivity contribution in [3.05, 3.63) is 22.3 Å². The van der Waals surface area contributed by atoms with Gasteiger partial charge in [0, 0.05) is 24.2 Å². The van der Waals surface area contributed by atoms with Crippen LogP contribution in [0, 0.1) is 10.7 Å². The molecule has 0 aromatic heterocycles. The fourth-order valence-corrected chi connectivity index (χ4v) is 5.93. The highest BCUT2D eigenvalue weighted by molar-refractivity contribution is 14.1. The van der Waals surface area contributed by atoms with Gasteiger partial charge in [-0.15, -0.1) is 0 Å². The summed E-state index contributed by atoms with van der Waals surface area (Å²) in [6.07, 6.45) is 0. The highest BCUT2D eigenvalue weighted by Crippen LogP contribution is 2.32. The first-order chi connectivity index (χ1) is 11.7. The monoisotopic (exact) mass is 686 g/mol. The van der Waals surface area contributed by atoms with E-state index in [1.54, 1.807) is 4.90 Å². The molecule has 0 fully saturated rings. The summed E-state index contributed by atoms with van der Waals surface area (Å²) >= 11 is 6.52. The third-order valence-corrected chi connectivity index (χ3v) is 6.11. The first kappa shape index (κ1) is 22.8. The number of hydrogen-bond donors (Lipinski definition) is 1. The van der Waals surface area contributed by atoms with Crippen molar-refractivity contribution in [3.63, 3.8) is 0 Å². The van der Waals surface area contributed by atoms with E-state index in [1.165, 1.54) is 21.1 Å². The van der Waals surface area contributed by atoms with Crippen molar-refractivity contribution in [2.75, 3.05) is 32.6 Å². The van der Waals surface area contributed by atoms with Gasteiger partial charge >= 0.3 is 11.9 Å². The number of esters is 2. The number of nitrogens with zero attached hydrogens (tertiary/aromatic N) is 1. The van der Waals surface area contributed by atoms with Crippen molar-refractivity contribution < 1.29 is 23.9 Å². The van der Waals surface area contributed by atoms with Crippen molar-refractivity contribution >= 4 is 91.3 Å². The summed E-state index contributed by atoms with van der Waals surface area (Å²) in [5, 5.41) is 2.83. The Hall–Kier alpha value is -0.220. The quantitative estimate of drug-likeness (QED) is 0.351. The molecular formula is C15H17I3N2O5.